The van der Waals surface area contributed by atoms with Crippen molar-refractivity contribution in [2.24, 2.45) is 10.8 Å². The highest BCUT2D eigenvalue weighted by Crippen LogP contribution is 2.17. The lowest BCUT2D eigenvalue weighted by Gasteiger charge is -2.16. The van der Waals surface area contributed by atoms with Crippen LogP contribution in [0.5, 0.6) is 0 Å². The summed E-state index contributed by atoms with van der Waals surface area (Å²) >= 11 is 0. The topological polar surface area (TPSA) is 41.6 Å². The smallest absolute Gasteiger partial charge is 0.294 e. The second-order valence-electron chi connectivity index (χ2n) is 1.74. The molecule has 0 unspecified atom stereocenters. The van der Waals surface area contributed by atoms with Crippen LogP contribution in [0.1, 0.15) is 0 Å². The van der Waals surface area contributed by atoms with Crippen LogP contribution >= 0.6 is 0 Å². The van der Waals surface area contributed by atoms with Gasteiger partial charge in [0.1, 0.15) is 0 Å². The van der Waals surface area contributed by atoms with Crippen LogP contribution in [0.15, 0.2) is 17.8 Å². The van der Waals surface area contributed by atoms with Crippen LogP contribution in [0.25, 0.3) is 0 Å². The minimum absolute atomic E-state index is 0.391. The Morgan fingerprint density at radius 3 is 2.18 bits per heavy atom. The zero-order chi connectivity index (χ0) is 9.07. The third-order valence-corrected chi connectivity index (χ3v) is 0.801. The average molecular weight is 167 g/mol. The van der Waals surface area contributed by atoms with Gasteiger partial charge in [0.2, 0.25) is 5.84 Å². The van der Waals surface area contributed by atoms with Crippen molar-refractivity contribution in [1.29, 1.82) is 0 Å². The van der Waals surface area contributed by atoms with E-state index in [4.69, 9.17) is 5.84 Å². The zero-order valence-corrected chi connectivity index (χ0v) is 5.89. The lowest BCUT2D eigenvalue weighted by Crippen LogP contribution is -2.42. The molecule has 0 saturated carbocycles. The number of hydrogen-bond donors (Lipinski definition) is 1. The predicted molar refractivity (Wildman–Crippen MR) is 35.6 cm³/mol. The zero-order valence-electron chi connectivity index (χ0n) is 5.89. The SMILES string of the molecule is C=C/N=C(\N(C)N)C(F)(F)F. The molecule has 0 spiro atoms. The van der Waals surface area contributed by atoms with Crippen molar-refractivity contribution in [3.63, 3.8) is 0 Å². The van der Waals surface area contributed by atoms with Crippen LogP contribution in [0.4, 0.5) is 13.2 Å². The summed E-state index contributed by atoms with van der Waals surface area (Å²) in [6.07, 6.45) is -3.75. The van der Waals surface area contributed by atoms with Crippen LogP contribution in [0, 0.1) is 0 Å². The van der Waals surface area contributed by atoms with E-state index in [0.29, 0.717) is 5.01 Å². The highest BCUT2D eigenvalue weighted by Gasteiger charge is 2.37. The van der Waals surface area contributed by atoms with Gasteiger partial charge in [-0.15, -0.1) is 0 Å². The Balaban J connectivity index is 4.62. The van der Waals surface area contributed by atoms with Gasteiger partial charge in [-0.1, -0.05) is 6.58 Å². The predicted octanol–water partition coefficient (Wildman–Crippen LogP) is 0.896. The van der Waals surface area contributed by atoms with Gasteiger partial charge < -0.3 is 0 Å². The monoisotopic (exact) mass is 167 g/mol. The number of aliphatic imine (C=N–C) groups is 1. The Morgan fingerprint density at radius 1 is 1.64 bits per heavy atom. The van der Waals surface area contributed by atoms with Gasteiger partial charge in [0.25, 0.3) is 0 Å². The summed E-state index contributed by atoms with van der Waals surface area (Å²) in [4.78, 5) is 2.95. The molecule has 0 saturated heterocycles. The number of hydrazine groups is 1. The molecule has 0 bridgehead atoms. The molecule has 0 aliphatic heterocycles. The standard InChI is InChI=1S/C5H8F3N3/c1-3-10-4(11(2)9)5(6,7)8/h3H,1,9H2,2H3/b10-4-. The first-order valence-electron chi connectivity index (χ1n) is 2.64. The molecule has 0 fully saturated rings. The molecule has 0 radical (unpaired) electrons. The molecule has 0 rings (SSSR count). The first-order valence-corrected chi connectivity index (χ1v) is 2.64. The minimum atomic E-state index is -4.53. The summed E-state index contributed by atoms with van der Waals surface area (Å²) in [5.74, 6) is 3.67. The van der Waals surface area contributed by atoms with E-state index < -0.39 is 12.0 Å². The third kappa shape index (κ3) is 3.03. The van der Waals surface area contributed by atoms with Crippen LogP contribution < -0.4 is 5.84 Å². The Hall–Kier alpha value is -1.04. The van der Waals surface area contributed by atoms with Gasteiger partial charge in [0.15, 0.2) is 0 Å². The molecule has 0 amide bonds. The summed E-state index contributed by atoms with van der Waals surface area (Å²) in [5.41, 5.74) is 0. The van der Waals surface area contributed by atoms with E-state index in [9.17, 15) is 13.2 Å². The summed E-state index contributed by atoms with van der Waals surface area (Å²) in [7, 11) is 1.05. The fourth-order valence-corrected chi connectivity index (χ4v) is 0.451. The van der Waals surface area contributed by atoms with E-state index in [1.807, 2.05) is 0 Å². The molecule has 6 heteroatoms. The van der Waals surface area contributed by atoms with Crippen molar-refractivity contribution in [1.82, 2.24) is 5.01 Å². The third-order valence-electron chi connectivity index (χ3n) is 0.801. The summed E-state index contributed by atoms with van der Waals surface area (Å²) in [6, 6.07) is 0. The molecule has 64 valence electrons. The van der Waals surface area contributed by atoms with Gasteiger partial charge in [0.05, 0.1) is 0 Å². The average Bonchev–Trinajstić information content (AvgIpc) is 1.79. The van der Waals surface area contributed by atoms with Crippen molar-refractivity contribution in [3.8, 4) is 0 Å². The molecule has 0 aliphatic rings. The molecule has 3 nitrogen and oxygen atoms in total. The molecule has 0 atom stereocenters. The largest absolute Gasteiger partial charge is 0.450 e. The molecular formula is C5H8F3N3. The second-order valence-corrected chi connectivity index (χ2v) is 1.74. The maximum Gasteiger partial charge on any atom is 0.450 e. The van der Waals surface area contributed by atoms with Crippen molar-refractivity contribution in [2.75, 3.05) is 7.05 Å². The maximum atomic E-state index is 11.9. The normalized spacial score (nSPS) is 13.0. The quantitative estimate of drug-likeness (QED) is 0.273. The number of alkyl halides is 3. The van der Waals surface area contributed by atoms with Crippen molar-refractivity contribution in [2.45, 2.75) is 6.18 Å². The van der Waals surface area contributed by atoms with E-state index in [2.05, 4.69) is 11.6 Å². The fourth-order valence-electron chi connectivity index (χ4n) is 0.451. The Morgan fingerprint density at radius 2 is 2.09 bits per heavy atom. The number of nitrogens with two attached hydrogens (primary N) is 1. The highest BCUT2D eigenvalue weighted by atomic mass is 19.4. The summed E-state index contributed by atoms with van der Waals surface area (Å²) in [5, 5.41) is 0.391. The van der Waals surface area contributed by atoms with Gasteiger partial charge >= 0.3 is 6.18 Å². The highest BCUT2D eigenvalue weighted by molar-refractivity contribution is 5.87. The first kappa shape index (κ1) is 9.96. The van der Waals surface area contributed by atoms with Gasteiger partial charge in [-0.05, 0) is 0 Å². The molecule has 0 aromatic heterocycles. The molecule has 0 heterocycles. The van der Waals surface area contributed by atoms with E-state index in [1.165, 1.54) is 0 Å². The van der Waals surface area contributed by atoms with Gasteiger partial charge in [-0.25, -0.2) is 10.8 Å². The lowest BCUT2D eigenvalue weighted by atomic mass is 10.5. The number of nitrogens with zero attached hydrogens (tertiary/aromatic N) is 2. The van der Waals surface area contributed by atoms with Crippen molar-refractivity contribution >= 4 is 5.84 Å². The molecular weight excluding hydrogens is 159 g/mol. The maximum absolute atomic E-state index is 11.9. The van der Waals surface area contributed by atoms with Crippen LogP contribution in [-0.2, 0) is 0 Å². The van der Waals surface area contributed by atoms with Crippen molar-refractivity contribution in [3.05, 3.63) is 12.8 Å². The van der Waals surface area contributed by atoms with E-state index in [0.717, 1.165) is 13.2 Å². The second kappa shape index (κ2) is 3.38. The molecule has 0 aromatic carbocycles. The van der Waals surface area contributed by atoms with E-state index >= 15 is 0 Å². The van der Waals surface area contributed by atoms with Gasteiger partial charge in [0, 0.05) is 13.2 Å². The first-order chi connectivity index (χ1) is 4.89. The molecule has 0 aliphatic carbocycles. The van der Waals surface area contributed by atoms with Crippen LogP contribution in [0.3, 0.4) is 0 Å². The minimum Gasteiger partial charge on any atom is -0.294 e. The summed E-state index contributed by atoms with van der Waals surface area (Å²) < 4.78 is 35.6. The Labute approximate surface area is 62.0 Å². The number of rotatable bonds is 1. The Kier molecular flexibility index (Phi) is 3.06. The number of hydrogen-bond acceptors (Lipinski definition) is 2. The fraction of sp³-hybridized carbons (Fsp3) is 0.400. The molecule has 0 aromatic rings. The van der Waals surface area contributed by atoms with Gasteiger partial charge in [-0.3, -0.25) is 5.01 Å². The molecule has 11 heavy (non-hydrogen) atoms. The van der Waals surface area contributed by atoms with E-state index in [1.54, 1.807) is 0 Å². The Bertz CT molecular complexity index is 170. The number of amidine groups is 1. The van der Waals surface area contributed by atoms with E-state index in [-0.39, 0.29) is 0 Å². The van der Waals surface area contributed by atoms with Crippen LogP contribution in [0.2, 0.25) is 0 Å². The molecule has 2 N–H and O–H groups in total. The van der Waals surface area contributed by atoms with Crippen molar-refractivity contribution < 1.29 is 13.2 Å². The lowest BCUT2D eigenvalue weighted by molar-refractivity contribution is -0.0678. The summed E-state index contributed by atoms with van der Waals surface area (Å²) in [6.45, 7) is 3.03. The number of halogens is 3. The van der Waals surface area contributed by atoms with Gasteiger partial charge in [-0.2, -0.15) is 13.2 Å². The van der Waals surface area contributed by atoms with Crippen LogP contribution in [-0.4, -0.2) is 24.1 Å².